The minimum Gasteiger partial charge on any atom is -0.371 e. The first-order valence-corrected chi connectivity index (χ1v) is 5.78. The maximum absolute atomic E-state index is 6.26. The van der Waals surface area contributed by atoms with Crippen molar-refractivity contribution >= 4 is 24.0 Å². The average molecular weight is 260 g/mol. The predicted octanol–water partition coefficient (Wildman–Crippen LogP) is 2.57. The summed E-state index contributed by atoms with van der Waals surface area (Å²) in [6, 6.07) is 6.56. The van der Waals surface area contributed by atoms with E-state index in [0.717, 1.165) is 13.2 Å². The lowest BCUT2D eigenvalue weighted by Gasteiger charge is -2.29. The summed E-state index contributed by atoms with van der Waals surface area (Å²) in [6.07, 6.45) is 0.253. The second-order valence-corrected chi connectivity index (χ2v) is 4.86. The second-order valence-electron chi connectivity index (χ2n) is 4.39. The Balaban J connectivity index is 0.000000963. The van der Waals surface area contributed by atoms with Crippen LogP contribution in [0.1, 0.15) is 22.6 Å². The Kier molecular flexibility index (Phi) is 3.45. The highest BCUT2D eigenvalue weighted by atomic mass is 35.5. The second kappa shape index (κ2) is 4.53. The van der Waals surface area contributed by atoms with E-state index in [4.69, 9.17) is 16.3 Å². The van der Waals surface area contributed by atoms with Crippen LogP contribution in [0.5, 0.6) is 0 Å². The average Bonchev–Trinajstić information content (AvgIpc) is 2.60. The largest absolute Gasteiger partial charge is 0.371 e. The molecule has 0 bridgehead atoms. The van der Waals surface area contributed by atoms with Crippen molar-refractivity contribution in [3.8, 4) is 0 Å². The summed E-state index contributed by atoms with van der Waals surface area (Å²) in [7, 11) is 0. The highest BCUT2D eigenvalue weighted by Crippen LogP contribution is 2.38. The molecular weight excluding hydrogens is 245 g/mol. The summed E-state index contributed by atoms with van der Waals surface area (Å²) < 4.78 is 5.81. The van der Waals surface area contributed by atoms with Crippen LogP contribution in [0.25, 0.3) is 0 Å². The van der Waals surface area contributed by atoms with Crippen LogP contribution >= 0.6 is 24.0 Å². The number of nitrogens with one attached hydrogen (secondary N) is 1. The number of halogens is 2. The van der Waals surface area contributed by atoms with Crippen LogP contribution in [0.2, 0.25) is 0 Å². The molecule has 0 saturated carbocycles. The van der Waals surface area contributed by atoms with Gasteiger partial charge >= 0.3 is 0 Å². The van der Waals surface area contributed by atoms with Crippen molar-refractivity contribution in [2.75, 3.05) is 6.54 Å². The van der Waals surface area contributed by atoms with Gasteiger partial charge in [-0.15, -0.1) is 24.0 Å². The fraction of sp³-hybridized carbons (Fsp3) is 0.500. The smallest absolute Gasteiger partial charge is 0.0921 e. The highest BCUT2D eigenvalue weighted by molar-refractivity contribution is 6.21. The molecule has 0 aromatic heterocycles. The standard InChI is InChI=1S/C12H14ClNO.ClH/c1-7-2-3-9-8(4-7)6-15-10-5-14-12(13)11(9)10;/h2-4,10-12,14H,5-6H2,1H3;1H. The number of ether oxygens (including phenoxy) is 1. The summed E-state index contributed by atoms with van der Waals surface area (Å²) in [6.45, 7) is 3.70. The van der Waals surface area contributed by atoms with Gasteiger partial charge in [0.1, 0.15) is 0 Å². The van der Waals surface area contributed by atoms with Gasteiger partial charge in [-0.1, -0.05) is 23.8 Å². The van der Waals surface area contributed by atoms with Gasteiger partial charge in [0, 0.05) is 12.5 Å². The maximum atomic E-state index is 6.26. The van der Waals surface area contributed by atoms with Gasteiger partial charge in [-0.25, -0.2) is 0 Å². The Bertz CT molecular complexity index is 397. The summed E-state index contributed by atoms with van der Waals surface area (Å²) in [5.74, 6) is 0.316. The molecule has 3 unspecified atom stereocenters. The molecule has 4 heteroatoms. The molecule has 1 N–H and O–H groups in total. The van der Waals surface area contributed by atoms with Gasteiger partial charge < -0.3 is 4.74 Å². The molecule has 1 fully saturated rings. The van der Waals surface area contributed by atoms with Gasteiger partial charge in [0.25, 0.3) is 0 Å². The van der Waals surface area contributed by atoms with E-state index in [2.05, 4.69) is 30.4 Å². The Morgan fingerprint density at radius 1 is 1.44 bits per heavy atom. The first-order valence-electron chi connectivity index (χ1n) is 5.34. The number of fused-ring (bicyclic) bond motifs is 3. The number of hydrogen-bond acceptors (Lipinski definition) is 2. The monoisotopic (exact) mass is 259 g/mol. The number of alkyl halides is 1. The molecule has 0 aliphatic carbocycles. The molecule has 3 rings (SSSR count). The molecule has 0 radical (unpaired) electrons. The van der Waals surface area contributed by atoms with Crippen LogP contribution in [0.3, 0.4) is 0 Å². The van der Waals surface area contributed by atoms with Crippen LogP contribution < -0.4 is 5.32 Å². The number of rotatable bonds is 0. The number of aryl methyl sites for hydroxylation is 1. The minimum atomic E-state index is 0. The van der Waals surface area contributed by atoms with Gasteiger partial charge in [-0.05, 0) is 18.1 Å². The highest BCUT2D eigenvalue weighted by Gasteiger charge is 2.40. The number of hydrogen-bond donors (Lipinski definition) is 1. The van der Waals surface area contributed by atoms with Gasteiger partial charge in [0.15, 0.2) is 0 Å². The Morgan fingerprint density at radius 2 is 2.25 bits per heavy atom. The zero-order valence-corrected chi connectivity index (χ0v) is 10.6. The van der Waals surface area contributed by atoms with E-state index >= 15 is 0 Å². The molecule has 0 amide bonds. The number of benzene rings is 1. The molecule has 0 spiro atoms. The lowest BCUT2D eigenvalue weighted by Crippen LogP contribution is -2.28. The third kappa shape index (κ3) is 1.84. The topological polar surface area (TPSA) is 21.3 Å². The van der Waals surface area contributed by atoms with Crippen LogP contribution in [-0.4, -0.2) is 18.1 Å². The molecular formula is C12H15Cl2NO. The predicted molar refractivity (Wildman–Crippen MR) is 67.4 cm³/mol. The van der Waals surface area contributed by atoms with Crippen molar-refractivity contribution in [2.24, 2.45) is 0 Å². The minimum absolute atomic E-state index is 0. The Labute approximate surface area is 107 Å². The van der Waals surface area contributed by atoms with Crippen molar-refractivity contribution in [3.63, 3.8) is 0 Å². The Hall–Kier alpha value is -0.280. The van der Waals surface area contributed by atoms with Crippen molar-refractivity contribution in [1.82, 2.24) is 5.32 Å². The fourth-order valence-corrected chi connectivity index (χ4v) is 2.96. The first kappa shape index (κ1) is 12.2. The molecule has 2 heterocycles. The van der Waals surface area contributed by atoms with Crippen molar-refractivity contribution in [3.05, 3.63) is 34.9 Å². The normalized spacial score (nSPS) is 31.5. The molecule has 16 heavy (non-hydrogen) atoms. The van der Waals surface area contributed by atoms with Crippen LogP contribution in [0, 0.1) is 6.92 Å². The maximum Gasteiger partial charge on any atom is 0.0921 e. The summed E-state index contributed by atoms with van der Waals surface area (Å²) in [4.78, 5) is 0. The molecule has 3 atom stereocenters. The van der Waals surface area contributed by atoms with Crippen molar-refractivity contribution in [1.29, 1.82) is 0 Å². The lowest BCUT2D eigenvalue weighted by atomic mass is 9.88. The van der Waals surface area contributed by atoms with E-state index in [1.54, 1.807) is 0 Å². The Morgan fingerprint density at radius 3 is 3.06 bits per heavy atom. The SMILES string of the molecule is Cc1ccc2c(c1)COC1CNC(Cl)C21.Cl. The molecule has 1 aromatic rings. The van der Waals surface area contributed by atoms with Gasteiger partial charge in [-0.3, -0.25) is 5.32 Å². The molecule has 2 aliphatic heterocycles. The van der Waals surface area contributed by atoms with Crippen molar-refractivity contribution in [2.45, 2.75) is 31.1 Å². The summed E-state index contributed by atoms with van der Waals surface area (Å²) in [5.41, 5.74) is 3.96. The zero-order chi connectivity index (χ0) is 10.4. The first-order chi connectivity index (χ1) is 7.25. The lowest BCUT2D eigenvalue weighted by molar-refractivity contribution is 0.0289. The molecule has 1 aromatic carbocycles. The quantitative estimate of drug-likeness (QED) is 0.571. The van der Waals surface area contributed by atoms with E-state index in [0.29, 0.717) is 5.92 Å². The van der Waals surface area contributed by atoms with Gasteiger partial charge in [-0.2, -0.15) is 0 Å². The summed E-state index contributed by atoms with van der Waals surface area (Å²) >= 11 is 6.26. The van der Waals surface area contributed by atoms with Gasteiger partial charge in [0.05, 0.1) is 18.2 Å². The van der Waals surface area contributed by atoms with E-state index in [1.165, 1.54) is 16.7 Å². The van der Waals surface area contributed by atoms with Crippen molar-refractivity contribution < 1.29 is 4.74 Å². The van der Waals surface area contributed by atoms with E-state index < -0.39 is 0 Å². The van der Waals surface area contributed by atoms with Crippen LogP contribution in [0.4, 0.5) is 0 Å². The molecule has 1 saturated heterocycles. The molecule has 2 aliphatic rings. The van der Waals surface area contributed by atoms with Gasteiger partial charge in [0.2, 0.25) is 0 Å². The third-order valence-corrected chi connectivity index (χ3v) is 3.77. The zero-order valence-electron chi connectivity index (χ0n) is 9.07. The third-order valence-electron chi connectivity index (χ3n) is 3.34. The van der Waals surface area contributed by atoms with Crippen LogP contribution in [0.15, 0.2) is 18.2 Å². The molecule has 88 valence electrons. The van der Waals surface area contributed by atoms with Crippen LogP contribution in [-0.2, 0) is 11.3 Å². The molecule has 2 nitrogen and oxygen atoms in total. The fourth-order valence-electron chi connectivity index (χ4n) is 2.57. The summed E-state index contributed by atoms with van der Waals surface area (Å²) in [5, 5.41) is 3.26. The van der Waals surface area contributed by atoms with E-state index in [9.17, 15) is 0 Å². The van der Waals surface area contributed by atoms with E-state index in [1.807, 2.05) is 0 Å². The van der Waals surface area contributed by atoms with E-state index in [-0.39, 0.29) is 24.0 Å².